The van der Waals surface area contributed by atoms with Gasteiger partial charge in [0.2, 0.25) is 5.91 Å². The zero-order chi connectivity index (χ0) is 14.4. The Morgan fingerprint density at radius 2 is 2.05 bits per heavy atom. The normalized spacial score (nSPS) is 11.9. The number of amides is 1. The van der Waals surface area contributed by atoms with Crippen LogP contribution in [-0.2, 0) is 11.3 Å². The Bertz CT molecular complexity index is 569. The summed E-state index contributed by atoms with van der Waals surface area (Å²) in [5.74, 6) is -0.353. The van der Waals surface area contributed by atoms with Gasteiger partial charge in [-0.15, -0.1) is 0 Å². The molecule has 1 heterocycles. The lowest BCUT2D eigenvalue weighted by Crippen LogP contribution is -2.33. The standard InChI is InChI=1S/C16H19N3O/c1-12-10-18-8-7-14(12)11-19-16(20)15(9-17)13-5-3-2-4-6-13/h2-8,10,15H,9,11,17H2,1H3,(H,19,20). The van der Waals surface area contributed by atoms with E-state index >= 15 is 0 Å². The van der Waals surface area contributed by atoms with Crippen LogP contribution in [-0.4, -0.2) is 17.4 Å². The van der Waals surface area contributed by atoms with Gasteiger partial charge in [-0.25, -0.2) is 0 Å². The molecule has 0 aliphatic carbocycles. The summed E-state index contributed by atoms with van der Waals surface area (Å²) in [6.45, 7) is 2.77. The maximum atomic E-state index is 12.3. The highest BCUT2D eigenvalue weighted by molar-refractivity contribution is 5.83. The van der Waals surface area contributed by atoms with E-state index < -0.39 is 0 Å². The van der Waals surface area contributed by atoms with Crippen LogP contribution >= 0.6 is 0 Å². The minimum absolute atomic E-state index is 0.0464. The molecule has 0 aliphatic heterocycles. The Morgan fingerprint density at radius 3 is 2.70 bits per heavy atom. The van der Waals surface area contributed by atoms with Crippen molar-refractivity contribution in [2.75, 3.05) is 6.54 Å². The largest absolute Gasteiger partial charge is 0.351 e. The molecule has 1 unspecified atom stereocenters. The molecule has 0 radical (unpaired) electrons. The number of pyridine rings is 1. The summed E-state index contributed by atoms with van der Waals surface area (Å²) < 4.78 is 0. The van der Waals surface area contributed by atoms with E-state index in [-0.39, 0.29) is 11.8 Å². The molecule has 0 saturated heterocycles. The van der Waals surface area contributed by atoms with E-state index in [0.29, 0.717) is 13.1 Å². The second kappa shape index (κ2) is 6.82. The van der Waals surface area contributed by atoms with E-state index in [1.165, 1.54) is 0 Å². The van der Waals surface area contributed by atoms with Gasteiger partial charge in [-0.1, -0.05) is 30.3 Å². The first-order valence-corrected chi connectivity index (χ1v) is 6.64. The van der Waals surface area contributed by atoms with Crippen molar-refractivity contribution in [3.63, 3.8) is 0 Å². The van der Waals surface area contributed by atoms with Crippen molar-refractivity contribution in [3.05, 3.63) is 65.5 Å². The minimum Gasteiger partial charge on any atom is -0.351 e. The first kappa shape index (κ1) is 14.2. The van der Waals surface area contributed by atoms with Crippen LogP contribution in [0.4, 0.5) is 0 Å². The molecule has 104 valence electrons. The molecule has 3 N–H and O–H groups in total. The van der Waals surface area contributed by atoms with E-state index in [1.807, 2.05) is 43.3 Å². The SMILES string of the molecule is Cc1cnccc1CNC(=O)C(CN)c1ccccc1. The van der Waals surface area contributed by atoms with E-state index in [2.05, 4.69) is 10.3 Å². The van der Waals surface area contributed by atoms with Crippen molar-refractivity contribution in [2.24, 2.45) is 5.73 Å². The number of nitrogens with zero attached hydrogens (tertiary/aromatic N) is 1. The molecular formula is C16H19N3O. The van der Waals surface area contributed by atoms with Crippen molar-refractivity contribution >= 4 is 5.91 Å². The smallest absolute Gasteiger partial charge is 0.229 e. The summed E-state index contributed by atoms with van der Waals surface area (Å²) in [5.41, 5.74) is 8.81. The highest BCUT2D eigenvalue weighted by Crippen LogP contribution is 2.14. The van der Waals surface area contributed by atoms with Crippen molar-refractivity contribution < 1.29 is 4.79 Å². The van der Waals surface area contributed by atoms with Crippen molar-refractivity contribution in [2.45, 2.75) is 19.4 Å². The number of aryl methyl sites for hydroxylation is 1. The number of carbonyl (C=O) groups is 1. The Hall–Kier alpha value is -2.20. The van der Waals surface area contributed by atoms with Gasteiger partial charge in [0.1, 0.15) is 0 Å². The average Bonchev–Trinajstić information content (AvgIpc) is 2.48. The lowest BCUT2D eigenvalue weighted by Gasteiger charge is -2.15. The van der Waals surface area contributed by atoms with Gasteiger partial charge in [-0.3, -0.25) is 9.78 Å². The third-order valence-electron chi connectivity index (χ3n) is 3.34. The fourth-order valence-electron chi connectivity index (χ4n) is 2.09. The second-order valence-corrected chi connectivity index (χ2v) is 4.72. The van der Waals surface area contributed by atoms with Crippen LogP contribution in [0, 0.1) is 6.92 Å². The summed E-state index contributed by atoms with van der Waals surface area (Å²) in [7, 11) is 0. The van der Waals surface area contributed by atoms with Gasteiger partial charge < -0.3 is 11.1 Å². The van der Waals surface area contributed by atoms with Crippen molar-refractivity contribution in [1.29, 1.82) is 0 Å². The first-order chi connectivity index (χ1) is 9.72. The van der Waals surface area contributed by atoms with Crippen molar-refractivity contribution in [1.82, 2.24) is 10.3 Å². The van der Waals surface area contributed by atoms with Gasteiger partial charge >= 0.3 is 0 Å². The molecule has 0 aliphatic rings. The predicted octanol–water partition coefficient (Wildman–Crippen LogP) is 1.75. The predicted molar refractivity (Wildman–Crippen MR) is 79.1 cm³/mol. The molecule has 1 amide bonds. The van der Waals surface area contributed by atoms with Crippen LogP contribution in [0.2, 0.25) is 0 Å². The second-order valence-electron chi connectivity index (χ2n) is 4.72. The summed E-state index contributed by atoms with van der Waals surface area (Å²) in [6, 6.07) is 11.5. The monoisotopic (exact) mass is 269 g/mol. The summed E-state index contributed by atoms with van der Waals surface area (Å²) >= 11 is 0. The number of benzene rings is 1. The minimum atomic E-state index is -0.307. The Morgan fingerprint density at radius 1 is 1.30 bits per heavy atom. The summed E-state index contributed by atoms with van der Waals surface area (Å²) in [6.07, 6.45) is 3.52. The molecule has 20 heavy (non-hydrogen) atoms. The molecule has 0 bridgehead atoms. The molecule has 0 fully saturated rings. The maximum Gasteiger partial charge on any atom is 0.229 e. The highest BCUT2D eigenvalue weighted by Gasteiger charge is 2.18. The van der Waals surface area contributed by atoms with Crippen LogP contribution in [0.5, 0.6) is 0 Å². The number of hydrogen-bond donors (Lipinski definition) is 2. The fraction of sp³-hybridized carbons (Fsp3) is 0.250. The lowest BCUT2D eigenvalue weighted by molar-refractivity contribution is -0.122. The number of aromatic nitrogens is 1. The Balaban J connectivity index is 2.02. The van der Waals surface area contributed by atoms with Crippen LogP contribution in [0.25, 0.3) is 0 Å². The van der Waals surface area contributed by atoms with E-state index in [4.69, 9.17) is 5.73 Å². The molecule has 2 rings (SSSR count). The Labute approximate surface area is 119 Å². The van der Waals surface area contributed by atoms with Gasteiger partial charge in [0.25, 0.3) is 0 Å². The molecule has 1 aromatic carbocycles. The van der Waals surface area contributed by atoms with E-state index in [9.17, 15) is 4.79 Å². The van der Waals surface area contributed by atoms with Crippen LogP contribution in [0.3, 0.4) is 0 Å². The zero-order valence-corrected chi connectivity index (χ0v) is 11.5. The molecule has 4 heteroatoms. The third-order valence-corrected chi connectivity index (χ3v) is 3.34. The van der Waals surface area contributed by atoms with Crippen LogP contribution in [0.15, 0.2) is 48.8 Å². The Kier molecular flexibility index (Phi) is 4.85. The van der Waals surface area contributed by atoms with Crippen LogP contribution < -0.4 is 11.1 Å². The van der Waals surface area contributed by atoms with Gasteiger partial charge in [-0.2, -0.15) is 0 Å². The number of carbonyl (C=O) groups excluding carboxylic acids is 1. The van der Waals surface area contributed by atoms with Gasteiger partial charge in [0, 0.05) is 25.5 Å². The van der Waals surface area contributed by atoms with E-state index in [1.54, 1.807) is 12.4 Å². The number of nitrogens with two attached hydrogens (primary N) is 1. The topological polar surface area (TPSA) is 68.0 Å². The van der Waals surface area contributed by atoms with E-state index in [0.717, 1.165) is 16.7 Å². The number of nitrogens with one attached hydrogen (secondary N) is 1. The molecule has 2 aromatic rings. The first-order valence-electron chi connectivity index (χ1n) is 6.64. The molecular weight excluding hydrogens is 250 g/mol. The molecule has 0 spiro atoms. The average molecular weight is 269 g/mol. The quantitative estimate of drug-likeness (QED) is 0.869. The van der Waals surface area contributed by atoms with Crippen molar-refractivity contribution in [3.8, 4) is 0 Å². The summed E-state index contributed by atoms with van der Waals surface area (Å²) in [5, 5.41) is 2.94. The number of hydrogen-bond acceptors (Lipinski definition) is 3. The van der Waals surface area contributed by atoms with Gasteiger partial charge in [0.15, 0.2) is 0 Å². The highest BCUT2D eigenvalue weighted by atomic mass is 16.1. The zero-order valence-electron chi connectivity index (χ0n) is 11.5. The van der Waals surface area contributed by atoms with Crippen LogP contribution in [0.1, 0.15) is 22.6 Å². The molecule has 4 nitrogen and oxygen atoms in total. The van der Waals surface area contributed by atoms with Gasteiger partial charge in [-0.05, 0) is 29.7 Å². The lowest BCUT2D eigenvalue weighted by atomic mass is 9.98. The fourth-order valence-corrected chi connectivity index (χ4v) is 2.09. The third kappa shape index (κ3) is 3.42. The van der Waals surface area contributed by atoms with Gasteiger partial charge in [0.05, 0.1) is 5.92 Å². The molecule has 0 saturated carbocycles. The maximum absolute atomic E-state index is 12.3. The molecule has 1 atom stereocenters. The molecule has 1 aromatic heterocycles. The number of rotatable bonds is 5. The summed E-state index contributed by atoms with van der Waals surface area (Å²) in [4.78, 5) is 16.3.